The number of ether oxygens (including phenoxy) is 1. The van der Waals surface area contributed by atoms with E-state index in [0.29, 0.717) is 26.0 Å². The minimum Gasteiger partial charge on any atom is -0.481 e. The number of hydrogen-bond donors (Lipinski definition) is 1. The summed E-state index contributed by atoms with van der Waals surface area (Å²) >= 11 is 0. The van der Waals surface area contributed by atoms with Gasteiger partial charge in [0.15, 0.2) is 0 Å². The number of carboxylic acids is 1. The highest BCUT2D eigenvalue weighted by Gasteiger charge is 2.32. The number of methoxy groups -OCH3 is 1. The molecule has 0 heterocycles. The van der Waals surface area contributed by atoms with Gasteiger partial charge >= 0.3 is 5.97 Å². The van der Waals surface area contributed by atoms with E-state index in [9.17, 15) is 9.59 Å². The van der Waals surface area contributed by atoms with Crippen LogP contribution in [0.15, 0.2) is 0 Å². The van der Waals surface area contributed by atoms with Crippen molar-refractivity contribution in [3.63, 3.8) is 0 Å². The highest BCUT2D eigenvalue weighted by Crippen LogP contribution is 2.30. The van der Waals surface area contributed by atoms with Crippen molar-refractivity contribution in [3.05, 3.63) is 0 Å². The zero-order valence-corrected chi connectivity index (χ0v) is 11.2. The van der Waals surface area contributed by atoms with Gasteiger partial charge in [0.2, 0.25) is 5.91 Å². The Balaban J connectivity index is 2.42. The predicted molar refractivity (Wildman–Crippen MR) is 67.2 cm³/mol. The van der Waals surface area contributed by atoms with Gasteiger partial charge in [0.05, 0.1) is 5.92 Å². The van der Waals surface area contributed by atoms with E-state index in [2.05, 4.69) is 0 Å². The predicted octanol–water partition coefficient (Wildman–Crippen LogP) is 1.37. The Morgan fingerprint density at radius 3 is 2.61 bits per heavy atom. The summed E-state index contributed by atoms with van der Waals surface area (Å²) in [6.07, 6.45) is 3.65. The molecule has 0 radical (unpaired) electrons. The van der Waals surface area contributed by atoms with Crippen LogP contribution in [0.25, 0.3) is 0 Å². The van der Waals surface area contributed by atoms with Gasteiger partial charge in [0.1, 0.15) is 0 Å². The van der Waals surface area contributed by atoms with Gasteiger partial charge in [-0.3, -0.25) is 9.59 Å². The summed E-state index contributed by atoms with van der Waals surface area (Å²) in [4.78, 5) is 24.8. The van der Waals surface area contributed by atoms with E-state index in [1.54, 1.807) is 19.1 Å². The molecule has 0 aromatic carbocycles. The molecule has 2 atom stereocenters. The SMILES string of the molecule is COCCCN(C)C(=O)[C@@H]1CCC[C@H](C(=O)O)C1. The summed E-state index contributed by atoms with van der Waals surface area (Å²) in [6.45, 7) is 1.31. The number of carboxylic acid groups (broad SMARTS) is 1. The molecule has 0 aromatic heterocycles. The monoisotopic (exact) mass is 257 g/mol. The normalized spacial score (nSPS) is 23.7. The lowest BCUT2D eigenvalue weighted by molar-refractivity contribution is -0.145. The smallest absolute Gasteiger partial charge is 0.306 e. The molecule has 0 bridgehead atoms. The van der Waals surface area contributed by atoms with Crippen LogP contribution in [0.2, 0.25) is 0 Å². The number of rotatable bonds is 6. The maximum absolute atomic E-state index is 12.2. The minimum absolute atomic E-state index is 0.0806. The third-order valence-corrected chi connectivity index (χ3v) is 3.59. The third kappa shape index (κ3) is 4.29. The van der Waals surface area contributed by atoms with Crippen LogP contribution in [-0.2, 0) is 14.3 Å². The van der Waals surface area contributed by atoms with Crippen molar-refractivity contribution in [1.29, 1.82) is 0 Å². The Morgan fingerprint density at radius 1 is 1.33 bits per heavy atom. The van der Waals surface area contributed by atoms with Crippen LogP contribution >= 0.6 is 0 Å². The quantitative estimate of drug-likeness (QED) is 0.730. The van der Waals surface area contributed by atoms with Gasteiger partial charge in [-0.25, -0.2) is 0 Å². The molecule has 104 valence electrons. The number of carbonyl (C=O) groups is 2. The van der Waals surface area contributed by atoms with E-state index in [1.807, 2.05) is 0 Å². The Labute approximate surface area is 108 Å². The van der Waals surface area contributed by atoms with Crippen LogP contribution < -0.4 is 0 Å². The second kappa shape index (κ2) is 7.36. The lowest BCUT2D eigenvalue weighted by Gasteiger charge is -2.29. The first-order valence-corrected chi connectivity index (χ1v) is 6.53. The van der Waals surface area contributed by atoms with Crippen molar-refractivity contribution in [2.75, 3.05) is 27.3 Å². The Kier molecular flexibility index (Phi) is 6.12. The Bertz CT molecular complexity index is 293. The van der Waals surface area contributed by atoms with Crippen molar-refractivity contribution in [2.24, 2.45) is 11.8 Å². The fourth-order valence-electron chi connectivity index (χ4n) is 2.51. The van der Waals surface area contributed by atoms with Crippen molar-refractivity contribution >= 4 is 11.9 Å². The van der Waals surface area contributed by atoms with Gasteiger partial charge in [-0.1, -0.05) is 6.42 Å². The third-order valence-electron chi connectivity index (χ3n) is 3.59. The zero-order chi connectivity index (χ0) is 13.5. The van der Waals surface area contributed by atoms with Gasteiger partial charge < -0.3 is 14.7 Å². The highest BCUT2D eigenvalue weighted by molar-refractivity contribution is 5.80. The lowest BCUT2D eigenvalue weighted by Crippen LogP contribution is -2.37. The number of carbonyl (C=O) groups excluding carboxylic acids is 1. The molecule has 1 saturated carbocycles. The molecular formula is C13H23NO4. The van der Waals surface area contributed by atoms with Gasteiger partial charge in [-0.2, -0.15) is 0 Å². The fraction of sp³-hybridized carbons (Fsp3) is 0.846. The summed E-state index contributed by atoms with van der Waals surface area (Å²) in [5.74, 6) is -1.15. The molecule has 0 saturated heterocycles. The summed E-state index contributed by atoms with van der Waals surface area (Å²) < 4.78 is 4.95. The number of amides is 1. The molecule has 1 aliphatic carbocycles. The van der Waals surface area contributed by atoms with E-state index in [1.165, 1.54) is 0 Å². The summed E-state index contributed by atoms with van der Waals surface area (Å²) in [6, 6.07) is 0. The van der Waals surface area contributed by atoms with E-state index in [4.69, 9.17) is 9.84 Å². The van der Waals surface area contributed by atoms with Crippen LogP contribution in [0.3, 0.4) is 0 Å². The van der Waals surface area contributed by atoms with Gasteiger partial charge in [-0.15, -0.1) is 0 Å². The fourth-order valence-corrected chi connectivity index (χ4v) is 2.51. The van der Waals surface area contributed by atoms with Crippen molar-refractivity contribution in [1.82, 2.24) is 4.90 Å². The average molecular weight is 257 g/mol. The molecule has 5 heteroatoms. The van der Waals surface area contributed by atoms with Crippen molar-refractivity contribution in [2.45, 2.75) is 32.1 Å². The van der Waals surface area contributed by atoms with Crippen LogP contribution in [0.1, 0.15) is 32.1 Å². The maximum Gasteiger partial charge on any atom is 0.306 e. The van der Waals surface area contributed by atoms with Crippen LogP contribution in [0.5, 0.6) is 0 Å². The molecule has 1 aliphatic rings. The number of aliphatic carboxylic acids is 1. The van der Waals surface area contributed by atoms with Crippen LogP contribution in [-0.4, -0.2) is 49.2 Å². The van der Waals surface area contributed by atoms with Crippen LogP contribution in [0, 0.1) is 11.8 Å². The summed E-state index contributed by atoms with van der Waals surface area (Å²) in [7, 11) is 3.42. The first kappa shape index (κ1) is 15.0. The van der Waals surface area contributed by atoms with Gasteiger partial charge in [0.25, 0.3) is 0 Å². The zero-order valence-electron chi connectivity index (χ0n) is 11.2. The van der Waals surface area contributed by atoms with E-state index < -0.39 is 5.97 Å². The lowest BCUT2D eigenvalue weighted by atomic mass is 9.81. The molecule has 1 N–H and O–H groups in total. The molecule has 1 rings (SSSR count). The maximum atomic E-state index is 12.2. The van der Waals surface area contributed by atoms with Crippen LogP contribution in [0.4, 0.5) is 0 Å². The van der Waals surface area contributed by atoms with Crippen molar-refractivity contribution in [3.8, 4) is 0 Å². The molecule has 0 spiro atoms. The first-order chi connectivity index (χ1) is 8.56. The summed E-state index contributed by atoms with van der Waals surface area (Å²) in [5.41, 5.74) is 0. The first-order valence-electron chi connectivity index (χ1n) is 6.53. The second-order valence-electron chi connectivity index (χ2n) is 5.00. The molecule has 0 aromatic rings. The molecular weight excluding hydrogens is 234 g/mol. The standard InChI is InChI=1S/C13H23NO4/c1-14(7-4-8-18-2)12(15)10-5-3-6-11(9-10)13(16)17/h10-11H,3-9H2,1-2H3,(H,16,17)/t10-,11+/m1/s1. The van der Waals surface area contributed by atoms with E-state index >= 15 is 0 Å². The van der Waals surface area contributed by atoms with E-state index in [0.717, 1.165) is 19.3 Å². The van der Waals surface area contributed by atoms with E-state index in [-0.39, 0.29) is 17.7 Å². The van der Waals surface area contributed by atoms with Gasteiger partial charge in [-0.05, 0) is 25.7 Å². The second-order valence-corrected chi connectivity index (χ2v) is 5.00. The summed E-state index contributed by atoms with van der Waals surface area (Å²) in [5, 5.41) is 9.01. The Morgan fingerprint density at radius 2 is 2.00 bits per heavy atom. The molecule has 1 amide bonds. The molecule has 18 heavy (non-hydrogen) atoms. The molecule has 0 aliphatic heterocycles. The largest absolute Gasteiger partial charge is 0.481 e. The number of hydrogen-bond acceptors (Lipinski definition) is 3. The number of nitrogens with zero attached hydrogens (tertiary/aromatic N) is 1. The average Bonchev–Trinajstić information content (AvgIpc) is 2.38. The van der Waals surface area contributed by atoms with Crippen molar-refractivity contribution < 1.29 is 19.4 Å². The topological polar surface area (TPSA) is 66.8 Å². The minimum atomic E-state index is -0.769. The Hall–Kier alpha value is -1.10. The molecule has 1 fully saturated rings. The van der Waals surface area contributed by atoms with Gasteiger partial charge in [0, 0.05) is 33.2 Å². The molecule has 0 unspecified atom stereocenters. The highest BCUT2D eigenvalue weighted by atomic mass is 16.5. The molecule has 5 nitrogen and oxygen atoms in total.